The highest BCUT2D eigenvalue weighted by atomic mass is 15.2. The van der Waals surface area contributed by atoms with Gasteiger partial charge < -0.3 is 10.2 Å². The third kappa shape index (κ3) is 6.61. The third-order valence-corrected chi connectivity index (χ3v) is 7.41. The lowest BCUT2D eigenvalue weighted by Gasteiger charge is -2.31. The highest BCUT2D eigenvalue weighted by Gasteiger charge is 2.20. The van der Waals surface area contributed by atoms with Gasteiger partial charge in [0.15, 0.2) is 0 Å². The fourth-order valence-electron chi connectivity index (χ4n) is 5.58. The molecule has 2 heteroatoms. The van der Waals surface area contributed by atoms with Crippen molar-refractivity contribution in [3.05, 3.63) is 63.3 Å². The van der Waals surface area contributed by atoms with E-state index in [1.807, 2.05) is 0 Å². The van der Waals surface area contributed by atoms with Crippen molar-refractivity contribution in [2.24, 2.45) is 5.92 Å². The van der Waals surface area contributed by atoms with Gasteiger partial charge in [-0.05, 0) is 99.8 Å². The Morgan fingerprint density at radius 2 is 1.69 bits per heavy atom. The fraction of sp³-hybridized carbons (Fsp3) is 0.600. The molecule has 1 saturated heterocycles. The standard InChI is InChI=1S/C30H46N2/c1-7-10-23(4)30(24(5)17-22(2)3)21-28-20-29(32-15-13-31-14-16-32)19-27(25(28)6)18-26-11-8-9-12-26/h10,17,19-20,26,31H,7-9,11-16,18,21H2,1-6H3/b23-10+,30-24-. The van der Waals surface area contributed by atoms with Crippen molar-refractivity contribution in [1.29, 1.82) is 0 Å². The van der Waals surface area contributed by atoms with Crippen LogP contribution in [0.3, 0.4) is 0 Å². The minimum Gasteiger partial charge on any atom is -0.369 e. The summed E-state index contributed by atoms with van der Waals surface area (Å²) < 4.78 is 0. The average Bonchev–Trinajstić information content (AvgIpc) is 3.27. The third-order valence-electron chi connectivity index (χ3n) is 7.41. The van der Waals surface area contributed by atoms with Crippen LogP contribution in [0, 0.1) is 12.8 Å². The van der Waals surface area contributed by atoms with Crippen molar-refractivity contribution in [3.8, 4) is 0 Å². The van der Waals surface area contributed by atoms with Crippen LogP contribution in [0.15, 0.2) is 46.6 Å². The molecule has 0 bridgehead atoms. The zero-order chi connectivity index (χ0) is 23.1. The van der Waals surface area contributed by atoms with Crippen LogP contribution in [-0.2, 0) is 12.8 Å². The van der Waals surface area contributed by atoms with Gasteiger partial charge in [-0.25, -0.2) is 0 Å². The molecule has 32 heavy (non-hydrogen) atoms. The normalized spacial score (nSPS) is 18.7. The molecule has 1 aliphatic carbocycles. The Morgan fingerprint density at radius 3 is 2.31 bits per heavy atom. The van der Waals surface area contributed by atoms with Crippen LogP contribution in [0.1, 0.15) is 83.4 Å². The number of anilines is 1. The Hall–Kier alpha value is -1.80. The number of hydrogen-bond donors (Lipinski definition) is 1. The Morgan fingerprint density at radius 1 is 1.03 bits per heavy atom. The first-order valence-electron chi connectivity index (χ1n) is 13.0. The molecule has 3 rings (SSSR count). The fourth-order valence-corrected chi connectivity index (χ4v) is 5.58. The zero-order valence-electron chi connectivity index (χ0n) is 21.6. The topological polar surface area (TPSA) is 15.3 Å². The van der Waals surface area contributed by atoms with Crippen LogP contribution >= 0.6 is 0 Å². The Labute approximate surface area is 197 Å². The first-order chi connectivity index (χ1) is 15.4. The van der Waals surface area contributed by atoms with Gasteiger partial charge in [-0.15, -0.1) is 0 Å². The van der Waals surface area contributed by atoms with E-state index in [0.717, 1.165) is 44.9 Å². The van der Waals surface area contributed by atoms with E-state index in [1.54, 1.807) is 5.56 Å². The average molecular weight is 435 g/mol. The van der Waals surface area contributed by atoms with Gasteiger partial charge in [0.25, 0.3) is 0 Å². The van der Waals surface area contributed by atoms with Gasteiger partial charge >= 0.3 is 0 Å². The van der Waals surface area contributed by atoms with Crippen LogP contribution in [0.4, 0.5) is 5.69 Å². The molecule has 0 spiro atoms. The molecule has 1 aromatic carbocycles. The van der Waals surface area contributed by atoms with Crippen LogP contribution in [0.25, 0.3) is 0 Å². The molecule has 1 N–H and O–H groups in total. The molecule has 0 radical (unpaired) electrons. The van der Waals surface area contributed by atoms with E-state index in [4.69, 9.17) is 0 Å². The molecular formula is C30H46N2. The summed E-state index contributed by atoms with van der Waals surface area (Å²) in [6.45, 7) is 18.0. The molecule has 176 valence electrons. The number of piperazine rings is 1. The van der Waals surface area contributed by atoms with Gasteiger partial charge in [0, 0.05) is 31.9 Å². The molecule has 1 saturated carbocycles. The molecule has 0 aromatic heterocycles. The minimum absolute atomic E-state index is 0.879. The van der Waals surface area contributed by atoms with Crippen LogP contribution < -0.4 is 10.2 Å². The molecule has 2 nitrogen and oxygen atoms in total. The maximum absolute atomic E-state index is 3.52. The highest BCUT2D eigenvalue weighted by Crippen LogP contribution is 2.34. The Kier molecular flexibility index (Phi) is 9.22. The van der Waals surface area contributed by atoms with E-state index in [2.05, 4.69) is 76.0 Å². The van der Waals surface area contributed by atoms with Gasteiger partial charge in [0.05, 0.1) is 0 Å². The van der Waals surface area contributed by atoms with E-state index in [0.29, 0.717) is 0 Å². The first-order valence-corrected chi connectivity index (χ1v) is 13.0. The summed E-state index contributed by atoms with van der Waals surface area (Å²) in [5, 5.41) is 3.52. The lowest BCUT2D eigenvalue weighted by molar-refractivity contribution is 0.544. The Bertz CT molecular complexity index is 855. The van der Waals surface area contributed by atoms with Gasteiger partial charge in [-0.1, -0.05) is 55.9 Å². The molecule has 1 aliphatic heterocycles. The number of rotatable bonds is 8. The molecule has 0 amide bonds. The number of nitrogens with one attached hydrogen (secondary N) is 1. The van der Waals surface area contributed by atoms with Gasteiger partial charge in [-0.2, -0.15) is 0 Å². The van der Waals surface area contributed by atoms with Gasteiger partial charge in [0.2, 0.25) is 0 Å². The summed E-state index contributed by atoms with van der Waals surface area (Å²) in [7, 11) is 0. The van der Waals surface area contributed by atoms with Crippen molar-refractivity contribution in [2.45, 2.75) is 86.5 Å². The zero-order valence-corrected chi connectivity index (χ0v) is 21.6. The molecule has 1 aromatic rings. The van der Waals surface area contributed by atoms with Crippen molar-refractivity contribution in [1.82, 2.24) is 5.32 Å². The van der Waals surface area contributed by atoms with E-state index in [1.165, 1.54) is 71.2 Å². The monoisotopic (exact) mass is 434 g/mol. The summed E-state index contributed by atoms with van der Waals surface area (Å²) in [4.78, 5) is 2.60. The summed E-state index contributed by atoms with van der Waals surface area (Å²) in [6, 6.07) is 5.04. The van der Waals surface area contributed by atoms with E-state index in [9.17, 15) is 0 Å². The maximum Gasteiger partial charge on any atom is 0.0372 e. The molecule has 1 heterocycles. The van der Waals surface area contributed by atoms with E-state index >= 15 is 0 Å². The van der Waals surface area contributed by atoms with Gasteiger partial charge in [-0.3, -0.25) is 0 Å². The number of hydrogen-bond acceptors (Lipinski definition) is 2. The Balaban J connectivity index is 2.03. The van der Waals surface area contributed by atoms with Crippen molar-refractivity contribution >= 4 is 5.69 Å². The molecule has 0 atom stereocenters. The minimum atomic E-state index is 0.879. The maximum atomic E-state index is 3.52. The second-order valence-electron chi connectivity index (χ2n) is 10.3. The van der Waals surface area contributed by atoms with Crippen LogP contribution in [0.2, 0.25) is 0 Å². The predicted molar refractivity (Wildman–Crippen MR) is 142 cm³/mol. The quantitative estimate of drug-likeness (QED) is 0.431. The summed E-state index contributed by atoms with van der Waals surface area (Å²) in [5.74, 6) is 0.879. The summed E-state index contributed by atoms with van der Waals surface area (Å²) >= 11 is 0. The highest BCUT2D eigenvalue weighted by molar-refractivity contribution is 5.57. The summed E-state index contributed by atoms with van der Waals surface area (Å²) in [5.41, 5.74) is 11.8. The molecule has 2 aliphatic rings. The van der Waals surface area contributed by atoms with Crippen molar-refractivity contribution in [3.63, 3.8) is 0 Å². The van der Waals surface area contributed by atoms with Crippen molar-refractivity contribution < 1.29 is 0 Å². The van der Waals surface area contributed by atoms with Crippen LogP contribution in [0.5, 0.6) is 0 Å². The number of benzene rings is 1. The molecule has 0 unspecified atom stereocenters. The van der Waals surface area contributed by atoms with E-state index in [-0.39, 0.29) is 0 Å². The first kappa shape index (κ1) is 24.8. The second-order valence-corrected chi connectivity index (χ2v) is 10.3. The SMILES string of the molecule is CC/C=C(C)/C(Cc1cc(N2CCNCC2)cc(CC2CCCC2)c1C)=C(/C)C=C(C)C. The second kappa shape index (κ2) is 11.9. The number of nitrogens with zero attached hydrogens (tertiary/aromatic N) is 1. The smallest absolute Gasteiger partial charge is 0.0372 e. The summed E-state index contributed by atoms with van der Waals surface area (Å²) in [6.07, 6.45) is 13.8. The van der Waals surface area contributed by atoms with Crippen LogP contribution in [-0.4, -0.2) is 26.2 Å². The lowest BCUT2D eigenvalue weighted by atomic mass is 9.87. The lowest BCUT2D eigenvalue weighted by Crippen LogP contribution is -2.43. The largest absolute Gasteiger partial charge is 0.369 e. The number of allylic oxidation sites excluding steroid dienone is 6. The molecule has 2 fully saturated rings. The molecular weight excluding hydrogens is 388 g/mol. The van der Waals surface area contributed by atoms with E-state index < -0.39 is 0 Å². The predicted octanol–water partition coefficient (Wildman–Crippen LogP) is 7.32. The van der Waals surface area contributed by atoms with Crippen molar-refractivity contribution in [2.75, 3.05) is 31.1 Å². The van der Waals surface area contributed by atoms with Gasteiger partial charge in [0.1, 0.15) is 0 Å².